The van der Waals surface area contributed by atoms with Gasteiger partial charge in [0.05, 0.1) is 30.9 Å². The Balaban J connectivity index is 1.42. The molecule has 0 bridgehead atoms. The van der Waals surface area contributed by atoms with Gasteiger partial charge in [-0.3, -0.25) is 9.59 Å². The van der Waals surface area contributed by atoms with Gasteiger partial charge in [0.1, 0.15) is 0 Å². The van der Waals surface area contributed by atoms with Crippen molar-refractivity contribution in [3.63, 3.8) is 0 Å². The summed E-state index contributed by atoms with van der Waals surface area (Å²) in [7, 11) is 1.31. The van der Waals surface area contributed by atoms with Crippen LogP contribution in [-0.2, 0) is 16.0 Å². The summed E-state index contributed by atoms with van der Waals surface area (Å²) in [6.45, 7) is 1.85. The van der Waals surface area contributed by atoms with E-state index in [9.17, 15) is 14.7 Å². The number of ketones is 1. The molecule has 1 aromatic heterocycles. The van der Waals surface area contributed by atoms with Gasteiger partial charge in [-0.15, -0.1) is 0 Å². The molecule has 0 fully saturated rings. The van der Waals surface area contributed by atoms with E-state index < -0.39 is 12.1 Å². The van der Waals surface area contributed by atoms with E-state index in [2.05, 4.69) is 22.0 Å². The molecule has 0 aliphatic rings. The quantitative estimate of drug-likeness (QED) is 0.188. The topological polar surface area (TPSA) is 89.6 Å². The number of nitrogens with zero attached hydrogens (tertiary/aromatic N) is 1. The Hall–Kier alpha value is -4.03. The lowest BCUT2D eigenvalue weighted by Gasteiger charge is -2.12. The fraction of sp³-hybridized carbons (Fsp3) is 0.258. The number of methoxy groups -OCH3 is 1. The summed E-state index contributed by atoms with van der Waals surface area (Å²) < 4.78 is 10.2. The average Bonchev–Trinajstić information content (AvgIpc) is 3.33. The molecule has 0 amide bonds. The number of hydrogen-bond acceptors (Lipinski definition) is 6. The number of aliphatic hydroxyl groups is 1. The summed E-state index contributed by atoms with van der Waals surface area (Å²) in [6, 6.07) is 25.4. The maximum absolute atomic E-state index is 12.3. The molecule has 1 atom stereocenters. The highest BCUT2D eigenvalue weighted by atomic mass is 16.5. The van der Waals surface area contributed by atoms with Crippen molar-refractivity contribution in [3.8, 4) is 22.5 Å². The first kappa shape index (κ1) is 26.0. The van der Waals surface area contributed by atoms with Crippen molar-refractivity contribution in [2.24, 2.45) is 0 Å². The van der Waals surface area contributed by atoms with Gasteiger partial charge >= 0.3 is 5.97 Å². The molecule has 190 valence electrons. The number of carbonyl (C=O) groups is 2. The van der Waals surface area contributed by atoms with Crippen molar-refractivity contribution in [2.45, 2.75) is 45.1 Å². The van der Waals surface area contributed by atoms with Crippen LogP contribution in [0.2, 0.25) is 0 Å². The molecule has 1 unspecified atom stereocenters. The van der Waals surface area contributed by atoms with Crippen LogP contribution in [0.15, 0.2) is 83.4 Å². The molecule has 37 heavy (non-hydrogen) atoms. The highest BCUT2D eigenvalue weighted by Gasteiger charge is 2.22. The van der Waals surface area contributed by atoms with Crippen LogP contribution in [0.1, 0.15) is 59.0 Å². The Bertz CT molecular complexity index is 1320. The van der Waals surface area contributed by atoms with Crippen LogP contribution >= 0.6 is 0 Å². The zero-order valence-electron chi connectivity index (χ0n) is 21.1. The van der Waals surface area contributed by atoms with Crippen molar-refractivity contribution < 1.29 is 24.0 Å². The van der Waals surface area contributed by atoms with Gasteiger partial charge in [-0.25, -0.2) is 0 Å². The van der Waals surface area contributed by atoms with Crippen LogP contribution in [0.4, 0.5) is 0 Å². The number of rotatable bonds is 11. The van der Waals surface area contributed by atoms with Gasteiger partial charge in [-0.1, -0.05) is 84.0 Å². The molecule has 6 heteroatoms. The van der Waals surface area contributed by atoms with Crippen molar-refractivity contribution >= 4 is 11.8 Å². The van der Waals surface area contributed by atoms with Gasteiger partial charge in [0, 0.05) is 17.5 Å². The van der Waals surface area contributed by atoms with Gasteiger partial charge in [-0.2, -0.15) is 0 Å². The van der Waals surface area contributed by atoms with Crippen molar-refractivity contribution in [3.05, 3.63) is 101 Å². The van der Waals surface area contributed by atoms with E-state index in [1.165, 1.54) is 12.7 Å². The predicted molar refractivity (Wildman–Crippen MR) is 142 cm³/mol. The van der Waals surface area contributed by atoms with E-state index in [4.69, 9.17) is 4.52 Å². The zero-order chi connectivity index (χ0) is 26.2. The summed E-state index contributed by atoms with van der Waals surface area (Å²) in [6.07, 6.45) is 1.92. The van der Waals surface area contributed by atoms with E-state index in [0.29, 0.717) is 23.4 Å². The minimum absolute atomic E-state index is 0.0728. The number of ether oxygens (including phenoxy) is 1. The second-order valence-electron chi connectivity index (χ2n) is 9.06. The van der Waals surface area contributed by atoms with E-state index >= 15 is 0 Å². The standard InChI is InChI=1S/C31H31NO5/c1-21-30(28(34)10-6-9-22-7-4-3-5-8-22)31(37-32-21)26-17-13-24(14-18-26)23-11-15-25(16-12-23)27(33)19-20-29(35)36-2/h3-5,7-8,11-18,28,34H,6,9-10,19-20H2,1-2H3. The number of aliphatic hydroxyl groups excluding tert-OH is 1. The summed E-state index contributed by atoms with van der Waals surface area (Å²) >= 11 is 0. The lowest BCUT2D eigenvalue weighted by Crippen LogP contribution is -2.05. The average molecular weight is 498 g/mol. The minimum atomic E-state index is -0.658. The SMILES string of the molecule is COC(=O)CCC(=O)c1ccc(-c2ccc(-c3onc(C)c3C(O)CCCc3ccccc3)cc2)cc1. The summed E-state index contributed by atoms with van der Waals surface area (Å²) in [5.74, 6) is 0.0977. The number of benzene rings is 3. The molecule has 4 rings (SSSR count). The molecule has 3 aromatic carbocycles. The van der Waals surface area contributed by atoms with Gasteiger partial charge in [0.2, 0.25) is 0 Å². The van der Waals surface area contributed by atoms with Crippen LogP contribution < -0.4 is 0 Å². The third-order valence-electron chi connectivity index (χ3n) is 6.50. The first-order valence-corrected chi connectivity index (χ1v) is 12.5. The van der Waals surface area contributed by atoms with Crippen molar-refractivity contribution in [2.75, 3.05) is 7.11 Å². The Morgan fingerprint density at radius 3 is 2.16 bits per heavy atom. The van der Waals surface area contributed by atoms with E-state index in [1.807, 2.05) is 61.5 Å². The molecule has 6 nitrogen and oxygen atoms in total. The third-order valence-corrected chi connectivity index (χ3v) is 6.50. The maximum atomic E-state index is 12.3. The Labute approximate surface area is 216 Å². The molecular weight excluding hydrogens is 466 g/mol. The normalized spacial score (nSPS) is 11.8. The number of carbonyl (C=O) groups excluding carboxylic acids is 2. The summed E-state index contributed by atoms with van der Waals surface area (Å²) in [5, 5.41) is 15.1. The van der Waals surface area contributed by atoms with Gasteiger partial charge in [-0.05, 0) is 42.9 Å². The Morgan fingerprint density at radius 1 is 0.892 bits per heavy atom. The molecule has 0 aliphatic heterocycles. The molecule has 0 spiro atoms. The highest BCUT2D eigenvalue weighted by molar-refractivity contribution is 5.97. The number of esters is 1. The highest BCUT2D eigenvalue weighted by Crippen LogP contribution is 2.34. The molecule has 1 heterocycles. The van der Waals surface area contributed by atoms with E-state index in [0.717, 1.165) is 35.1 Å². The molecular formula is C31H31NO5. The Morgan fingerprint density at radius 2 is 1.51 bits per heavy atom. The summed E-state index contributed by atoms with van der Waals surface area (Å²) in [4.78, 5) is 23.6. The van der Waals surface area contributed by atoms with Crippen molar-refractivity contribution in [1.29, 1.82) is 0 Å². The third kappa shape index (κ3) is 6.60. The van der Waals surface area contributed by atoms with Crippen LogP contribution in [-0.4, -0.2) is 29.1 Å². The maximum Gasteiger partial charge on any atom is 0.305 e. The number of aromatic nitrogens is 1. The monoisotopic (exact) mass is 497 g/mol. The number of Topliss-reactive ketones (excluding diaryl/α,β-unsaturated/α-hetero) is 1. The lowest BCUT2D eigenvalue weighted by atomic mass is 9.96. The van der Waals surface area contributed by atoms with E-state index in [-0.39, 0.29) is 18.6 Å². The van der Waals surface area contributed by atoms with Gasteiger partial charge in [0.15, 0.2) is 11.5 Å². The molecule has 0 aliphatic carbocycles. The second-order valence-corrected chi connectivity index (χ2v) is 9.06. The minimum Gasteiger partial charge on any atom is -0.469 e. The number of aryl methyl sites for hydroxylation is 2. The summed E-state index contributed by atoms with van der Waals surface area (Å²) in [5.41, 5.74) is 6.04. The second kappa shape index (κ2) is 12.3. The Kier molecular flexibility index (Phi) is 8.64. The van der Waals surface area contributed by atoms with Crippen LogP contribution in [0.25, 0.3) is 22.5 Å². The fourth-order valence-electron chi connectivity index (χ4n) is 4.39. The predicted octanol–water partition coefficient (Wildman–Crippen LogP) is 6.51. The van der Waals surface area contributed by atoms with Crippen LogP contribution in [0.3, 0.4) is 0 Å². The first-order chi connectivity index (χ1) is 18.0. The largest absolute Gasteiger partial charge is 0.469 e. The van der Waals surface area contributed by atoms with Gasteiger partial charge in [0.25, 0.3) is 0 Å². The molecule has 0 radical (unpaired) electrons. The fourth-order valence-corrected chi connectivity index (χ4v) is 4.39. The van der Waals surface area contributed by atoms with Crippen LogP contribution in [0.5, 0.6) is 0 Å². The zero-order valence-corrected chi connectivity index (χ0v) is 21.1. The van der Waals surface area contributed by atoms with Gasteiger partial charge < -0.3 is 14.4 Å². The van der Waals surface area contributed by atoms with Crippen molar-refractivity contribution in [1.82, 2.24) is 5.16 Å². The number of hydrogen-bond donors (Lipinski definition) is 1. The van der Waals surface area contributed by atoms with Crippen LogP contribution in [0, 0.1) is 6.92 Å². The first-order valence-electron chi connectivity index (χ1n) is 12.5. The lowest BCUT2D eigenvalue weighted by molar-refractivity contribution is -0.140. The molecule has 0 saturated carbocycles. The molecule has 4 aromatic rings. The molecule has 0 saturated heterocycles. The van der Waals surface area contributed by atoms with E-state index in [1.54, 1.807) is 12.1 Å². The smallest absolute Gasteiger partial charge is 0.305 e. The molecule has 1 N–H and O–H groups in total.